The van der Waals surface area contributed by atoms with Gasteiger partial charge in [-0.25, -0.2) is 0 Å². The van der Waals surface area contributed by atoms with Crippen LogP contribution in [0.2, 0.25) is 0 Å². The van der Waals surface area contributed by atoms with Gasteiger partial charge in [0.05, 0.1) is 20.3 Å². The van der Waals surface area contributed by atoms with Gasteiger partial charge in [-0.15, -0.1) is 0 Å². The lowest BCUT2D eigenvalue weighted by atomic mass is 10.0. The number of carbonyl (C=O) groups is 1. The van der Waals surface area contributed by atoms with E-state index in [0.717, 1.165) is 0 Å². The van der Waals surface area contributed by atoms with E-state index >= 15 is 0 Å². The van der Waals surface area contributed by atoms with Crippen LogP contribution in [0, 0.1) is 0 Å². The van der Waals surface area contributed by atoms with Gasteiger partial charge in [-0.3, -0.25) is 4.79 Å². The number of carboxylic acid groups (broad SMARTS) is 1. The summed E-state index contributed by atoms with van der Waals surface area (Å²) in [6.07, 6.45) is 0.00774. The van der Waals surface area contributed by atoms with Gasteiger partial charge in [0.1, 0.15) is 11.5 Å². The molecule has 0 bridgehead atoms. The summed E-state index contributed by atoms with van der Waals surface area (Å²) in [6.45, 7) is 0. The first kappa shape index (κ1) is 15.8. The van der Waals surface area contributed by atoms with E-state index in [4.69, 9.17) is 14.6 Å². The van der Waals surface area contributed by atoms with E-state index in [0.29, 0.717) is 34.4 Å². The number of benzene rings is 1. The topological polar surface area (TPSA) is 76.0 Å². The maximum absolute atomic E-state index is 10.5. The second-order valence-corrected chi connectivity index (χ2v) is 4.88. The standard InChI is InChI=1S/C13H17BrO5/c1-18-8-6-9(14)13(11(7-8)19-2)10(15)4-3-5-12(16)17/h6-7,10,15H,3-5H2,1-2H3,(H,16,17)/t10-/m0/s1. The van der Waals surface area contributed by atoms with Crippen molar-refractivity contribution in [1.29, 1.82) is 0 Å². The number of aliphatic hydroxyl groups is 1. The van der Waals surface area contributed by atoms with Crippen molar-refractivity contribution < 1.29 is 24.5 Å². The van der Waals surface area contributed by atoms with Crippen LogP contribution in [-0.2, 0) is 4.79 Å². The third-order valence-electron chi connectivity index (χ3n) is 2.72. The van der Waals surface area contributed by atoms with Gasteiger partial charge < -0.3 is 19.7 Å². The van der Waals surface area contributed by atoms with E-state index in [1.807, 2.05) is 0 Å². The van der Waals surface area contributed by atoms with Crippen LogP contribution in [0.4, 0.5) is 0 Å². The van der Waals surface area contributed by atoms with Crippen molar-refractivity contribution in [2.24, 2.45) is 0 Å². The molecule has 0 saturated heterocycles. The van der Waals surface area contributed by atoms with Gasteiger partial charge in [0.2, 0.25) is 0 Å². The molecule has 0 fully saturated rings. The van der Waals surface area contributed by atoms with E-state index < -0.39 is 12.1 Å². The Morgan fingerprint density at radius 1 is 1.37 bits per heavy atom. The summed E-state index contributed by atoms with van der Waals surface area (Å²) in [5.74, 6) is 0.257. The zero-order chi connectivity index (χ0) is 14.4. The molecule has 2 N–H and O–H groups in total. The van der Waals surface area contributed by atoms with E-state index in [1.54, 1.807) is 19.2 Å². The van der Waals surface area contributed by atoms with Gasteiger partial charge in [0.15, 0.2) is 0 Å². The number of aliphatic hydroxyl groups excluding tert-OH is 1. The van der Waals surface area contributed by atoms with Crippen LogP contribution >= 0.6 is 15.9 Å². The Bertz CT molecular complexity index is 447. The van der Waals surface area contributed by atoms with Crippen molar-refractivity contribution in [2.75, 3.05) is 14.2 Å². The Hall–Kier alpha value is -1.27. The molecule has 1 rings (SSSR count). The lowest BCUT2D eigenvalue weighted by Gasteiger charge is -2.17. The van der Waals surface area contributed by atoms with Crippen LogP contribution < -0.4 is 9.47 Å². The number of hydrogen-bond donors (Lipinski definition) is 2. The predicted octanol–water partition coefficient (Wildman–Crippen LogP) is 2.75. The molecule has 0 amide bonds. The van der Waals surface area contributed by atoms with Gasteiger partial charge in [-0.05, 0) is 18.9 Å². The summed E-state index contributed by atoms with van der Waals surface area (Å²) in [4.78, 5) is 10.5. The van der Waals surface area contributed by atoms with Gasteiger partial charge >= 0.3 is 5.97 Å². The number of methoxy groups -OCH3 is 2. The number of halogens is 1. The highest BCUT2D eigenvalue weighted by Gasteiger charge is 2.18. The third-order valence-corrected chi connectivity index (χ3v) is 3.38. The highest BCUT2D eigenvalue weighted by molar-refractivity contribution is 9.10. The minimum absolute atomic E-state index is 0.0349. The summed E-state index contributed by atoms with van der Waals surface area (Å²) in [5.41, 5.74) is 0.605. The molecule has 0 aromatic heterocycles. The molecule has 0 radical (unpaired) electrons. The summed E-state index contributed by atoms with van der Waals surface area (Å²) in [7, 11) is 3.05. The average molecular weight is 333 g/mol. The lowest BCUT2D eigenvalue weighted by Crippen LogP contribution is -2.04. The first-order valence-corrected chi connectivity index (χ1v) is 6.60. The van der Waals surface area contributed by atoms with Crippen LogP contribution in [0.5, 0.6) is 11.5 Å². The third kappa shape index (κ3) is 4.40. The molecule has 0 aliphatic rings. The van der Waals surface area contributed by atoms with E-state index in [1.165, 1.54) is 7.11 Å². The fourth-order valence-corrected chi connectivity index (χ4v) is 2.46. The quantitative estimate of drug-likeness (QED) is 0.802. The molecule has 6 heteroatoms. The van der Waals surface area contributed by atoms with Gasteiger partial charge in [-0.1, -0.05) is 15.9 Å². The monoisotopic (exact) mass is 332 g/mol. The molecule has 5 nitrogen and oxygen atoms in total. The first-order chi connectivity index (χ1) is 8.99. The van der Waals surface area contributed by atoms with Crippen molar-refractivity contribution in [2.45, 2.75) is 25.4 Å². The maximum atomic E-state index is 10.5. The average Bonchev–Trinajstić information content (AvgIpc) is 2.36. The van der Waals surface area contributed by atoms with Crippen LogP contribution in [0.3, 0.4) is 0 Å². The summed E-state index contributed by atoms with van der Waals surface area (Å²) >= 11 is 3.36. The van der Waals surface area contributed by atoms with E-state index in [-0.39, 0.29) is 6.42 Å². The Morgan fingerprint density at radius 2 is 2.05 bits per heavy atom. The summed E-state index contributed by atoms with van der Waals surface area (Å²) < 4.78 is 11.0. The molecule has 0 unspecified atom stereocenters. The molecule has 1 aromatic carbocycles. The fourth-order valence-electron chi connectivity index (χ4n) is 1.77. The largest absolute Gasteiger partial charge is 0.497 e. The second-order valence-electron chi connectivity index (χ2n) is 4.03. The van der Waals surface area contributed by atoms with Crippen molar-refractivity contribution in [3.63, 3.8) is 0 Å². The Labute approximate surface area is 120 Å². The Kier molecular flexibility index (Phi) is 6.11. The molecule has 19 heavy (non-hydrogen) atoms. The SMILES string of the molecule is COc1cc(Br)c([C@@H](O)CCCC(=O)O)c(OC)c1. The number of aliphatic carboxylic acids is 1. The Balaban J connectivity index is 2.88. The molecule has 0 aliphatic carbocycles. The van der Waals surface area contributed by atoms with Gasteiger partial charge in [-0.2, -0.15) is 0 Å². The summed E-state index contributed by atoms with van der Waals surface area (Å²) in [5, 5.41) is 18.7. The van der Waals surface area contributed by atoms with Gasteiger partial charge in [0.25, 0.3) is 0 Å². The maximum Gasteiger partial charge on any atom is 0.303 e. The zero-order valence-corrected chi connectivity index (χ0v) is 12.4. The second kappa shape index (κ2) is 7.35. The van der Waals surface area contributed by atoms with Crippen LogP contribution in [0.1, 0.15) is 30.9 Å². The molecule has 0 heterocycles. The molecular weight excluding hydrogens is 316 g/mol. The number of carboxylic acids is 1. The van der Waals surface area contributed by atoms with Gasteiger partial charge in [0, 0.05) is 22.5 Å². The molecule has 0 spiro atoms. The van der Waals surface area contributed by atoms with Crippen LogP contribution in [0.25, 0.3) is 0 Å². The highest BCUT2D eigenvalue weighted by Crippen LogP contribution is 2.38. The molecule has 1 aromatic rings. The van der Waals surface area contributed by atoms with Crippen LogP contribution in [-0.4, -0.2) is 30.4 Å². The van der Waals surface area contributed by atoms with Crippen molar-refractivity contribution >= 4 is 21.9 Å². The fraction of sp³-hybridized carbons (Fsp3) is 0.462. The minimum atomic E-state index is -0.868. The zero-order valence-electron chi connectivity index (χ0n) is 10.9. The van der Waals surface area contributed by atoms with E-state index in [2.05, 4.69) is 15.9 Å². The highest BCUT2D eigenvalue weighted by atomic mass is 79.9. The molecule has 0 aliphatic heterocycles. The molecule has 1 atom stereocenters. The molecular formula is C13H17BrO5. The Morgan fingerprint density at radius 3 is 2.58 bits per heavy atom. The van der Waals surface area contributed by atoms with Crippen molar-refractivity contribution in [3.05, 3.63) is 22.2 Å². The first-order valence-electron chi connectivity index (χ1n) is 5.80. The molecule has 106 valence electrons. The van der Waals surface area contributed by atoms with Crippen molar-refractivity contribution in [3.8, 4) is 11.5 Å². The smallest absolute Gasteiger partial charge is 0.303 e. The number of rotatable bonds is 7. The van der Waals surface area contributed by atoms with E-state index in [9.17, 15) is 9.90 Å². The summed E-state index contributed by atoms with van der Waals surface area (Å²) in [6, 6.07) is 3.42. The van der Waals surface area contributed by atoms with Crippen LogP contribution in [0.15, 0.2) is 16.6 Å². The number of ether oxygens (including phenoxy) is 2. The lowest BCUT2D eigenvalue weighted by molar-refractivity contribution is -0.137. The van der Waals surface area contributed by atoms with Crippen molar-refractivity contribution in [1.82, 2.24) is 0 Å². The minimum Gasteiger partial charge on any atom is -0.497 e. The molecule has 0 saturated carbocycles. The predicted molar refractivity (Wildman–Crippen MR) is 73.7 cm³/mol. The number of hydrogen-bond acceptors (Lipinski definition) is 4. The normalized spacial score (nSPS) is 12.0.